The van der Waals surface area contributed by atoms with Crippen molar-refractivity contribution >= 4 is 21.9 Å². The van der Waals surface area contributed by atoms with Crippen LogP contribution in [0.5, 0.6) is 17.4 Å². The van der Waals surface area contributed by atoms with E-state index in [9.17, 15) is 0 Å². The van der Waals surface area contributed by atoms with Gasteiger partial charge in [-0.2, -0.15) is 0 Å². The van der Waals surface area contributed by atoms with Crippen molar-refractivity contribution in [2.45, 2.75) is 38.8 Å². The van der Waals surface area contributed by atoms with Crippen LogP contribution in [0, 0.1) is 5.92 Å². The van der Waals surface area contributed by atoms with Gasteiger partial charge in [0.1, 0.15) is 22.0 Å². The Balaban J connectivity index is 1.80. The quantitative estimate of drug-likeness (QED) is 0.359. The SMILES string of the molecule is CCCN(c1c(OC)nn2c(-c3c(OC)cc(COC)cc3OC)csc12)C1CC(COC)C1. The van der Waals surface area contributed by atoms with E-state index in [1.807, 2.05) is 16.6 Å². The van der Waals surface area contributed by atoms with E-state index in [0.717, 1.165) is 59.8 Å². The normalized spacial score (nSPS) is 17.6. The van der Waals surface area contributed by atoms with Crippen molar-refractivity contribution in [3.63, 3.8) is 0 Å². The molecule has 9 heteroatoms. The highest BCUT2D eigenvalue weighted by atomic mass is 32.1. The van der Waals surface area contributed by atoms with Gasteiger partial charge in [0.05, 0.1) is 39.2 Å². The number of benzene rings is 1. The predicted octanol–water partition coefficient (Wildman–Crippen LogP) is 4.88. The number of ether oxygens (including phenoxy) is 5. The summed E-state index contributed by atoms with van der Waals surface area (Å²) < 4.78 is 30.0. The third-order valence-corrected chi connectivity index (χ3v) is 7.36. The highest BCUT2D eigenvalue weighted by molar-refractivity contribution is 7.16. The molecule has 34 heavy (non-hydrogen) atoms. The number of hydrogen-bond acceptors (Lipinski definition) is 8. The van der Waals surface area contributed by atoms with Crippen molar-refractivity contribution in [3.05, 3.63) is 23.1 Å². The lowest BCUT2D eigenvalue weighted by molar-refractivity contribution is 0.0966. The van der Waals surface area contributed by atoms with Gasteiger partial charge in [0, 0.05) is 38.8 Å². The van der Waals surface area contributed by atoms with Crippen molar-refractivity contribution in [1.29, 1.82) is 0 Å². The summed E-state index contributed by atoms with van der Waals surface area (Å²) in [5.74, 6) is 2.69. The van der Waals surface area contributed by atoms with E-state index in [4.69, 9.17) is 28.8 Å². The fourth-order valence-corrected chi connectivity index (χ4v) is 5.86. The molecule has 1 aliphatic rings. The first-order chi connectivity index (χ1) is 16.6. The molecule has 0 N–H and O–H groups in total. The molecular formula is C25H35N3O5S. The second-order valence-electron chi connectivity index (χ2n) is 8.64. The van der Waals surface area contributed by atoms with Crippen LogP contribution in [0.25, 0.3) is 16.1 Å². The van der Waals surface area contributed by atoms with Crippen molar-refractivity contribution in [2.75, 3.05) is 53.6 Å². The van der Waals surface area contributed by atoms with E-state index in [1.54, 1.807) is 46.9 Å². The molecule has 0 saturated heterocycles. The first kappa shape index (κ1) is 24.6. The molecule has 1 aliphatic carbocycles. The van der Waals surface area contributed by atoms with E-state index in [-0.39, 0.29) is 0 Å². The molecule has 0 radical (unpaired) electrons. The second-order valence-corrected chi connectivity index (χ2v) is 9.50. The Bertz CT molecular complexity index is 1080. The maximum Gasteiger partial charge on any atom is 0.258 e. The summed E-state index contributed by atoms with van der Waals surface area (Å²) in [6.07, 6.45) is 3.29. The maximum absolute atomic E-state index is 5.79. The molecule has 0 atom stereocenters. The number of rotatable bonds is 12. The summed E-state index contributed by atoms with van der Waals surface area (Å²) in [6.45, 7) is 4.46. The fraction of sp³-hybridized carbons (Fsp3) is 0.560. The van der Waals surface area contributed by atoms with Gasteiger partial charge in [-0.05, 0) is 42.9 Å². The van der Waals surface area contributed by atoms with Crippen molar-refractivity contribution < 1.29 is 23.7 Å². The summed E-state index contributed by atoms with van der Waals surface area (Å²) in [5.41, 5.74) is 3.81. The Kier molecular flexibility index (Phi) is 7.85. The Hall–Kier alpha value is -2.49. The average molecular weight is 490 g/mol. The Morgan fingerprint density at radius 1 is 1.03 bits per heavy atom. The van der Waals surface area contributed by atoms with E-state index < -0.39 is 0 Å². The lowest BCUT2D eigenvalue weighted by Crippen LogP contribution is -2.46. The third-order valence-electron chi connectivity index (χ3n) is 6.43. The molecule has 0 unspecified atom stereocenters. The highest BCUT2D eigenvalue weighted by Gasteiger charge is 2.37. The number of methoxy groups -OCH3 is 5. The Morgan fingerprint density at radius 2 is 1.74 bits per heavy atom. The van der Waals surface area contributed by atoms with Gasteiger partial charge in [0.2, 0.25) is 0 Å². The monoisotopic (exact) mass is 489 g/mol. The Morgan fingerprint density at radius 3 is 2.29 bits per heavy atom. The molecule has 186 valence electrons. The number of fused-ring (bicyclic) bond motifs is 1. The van der Waals surface area contributed by atoms with Crippen LogP contribution in [-0.4, -0.2) is 64.4 Å². The van der Waals surface area contributed by atoms with E-state index >= 15 is 0 Å². The van der Waals surface area contributed by atoms with Gasteiger partial charge in [-0.25, -0.2) is 4.52 Å². The summed E-state index contributed by atoms with van der Waals surface area (Å²) in [4.78, 5) is 3.53. The van der Waals surface area contributed by atoms with Crippen LogP contribution in [0.2, 0.25) is 0 Å². The van der Waals surface area contributed by atoms with Gasteiger partial charge >= 0.3 is 0 Å². The van der Waals surface area contributed by atoms with Gasteiger partial charge in [0.15, 0.2) is 0 Å². The number of anilines is 1. The number of aromatic nitrogens is 2. The first-order valence-electron chi connectivity index (χ1n) is 11.6. The molecule has 0 bridgehead atoms. The molecule has 2 heterocycles. The standard InChI is InChI=1S/C25H35N3O5S/c1-7-8-27(18-9-16(10-18)13-29-2)23-24(33-6)26-28-19(15-34-25(23)28)22-20(31-4)11-17(14-30-3)12-21(22)32-5/h11-12,15-16,18H,7-10,13-14H2,1-6H3. The lowest BCUT2D eigenvalue weighted by atomic mass is 9.79. The lowest BCUT2D eigenvalue weighted by Gasteiger charge is -2.43. The molecule has 1 fully saturated rings. The van der Waals surface area contributed by atoms with E-state index in [2.05, 4.69) is 17.2 Å². The molecule has 0 amide bonds. The molecule has 4 rings (SSSR count). The highest BCUT2D eigenvalue weighted by Crippen LogP contribution is 2.47. The van der Waals surface area contributed by atoms with E-state index in [1.165, 1.54) is 0 Å². The Labute approximate surface area is 205 Å². The van der Waals surface area contributed by atoms with Crippen molar-refractivity contribution in [1.82, 2.24) is 9.61 Å². The fourth-order valence-electron chi connectivity index (χ4n) is 4.87. The minimum atomic E-state index is 0.463. The smallest absolute Gasteiger partial charge is 0.258 e. The molecule has 0 spiro atoms. The largest absolute Gasteiger partial charge is 0.496 e. The summed E-state index contributed by atoms with van der Waals surface area (Å²) in [5, 5.41) is 6.99. The van der Waals surface area contributed by atoms with Crippen LogP contribution in [0.1, 0.15) is 31.7 Å². The van der Waals surface area contributed by atoms with E-state index in [0.29, 0.717) is 35.9 Å². The molecule has 8 nitrogen and oxygen atoms in total. The zero-order chi connectivity index (χ0) is 24.2. The van der Waals surface area contributed by atoms with Crippen LogP contribution < -0.4 is 19.1 Å². The molecule has 0 aliphatic heterocycles. The van der Waals surface area contributed by atoms with Crippen LogP contribution >= 0.6 is 11.3 Å². The molecule has 1 saturated carbocycles. The maximum atomic E-state index is 5.79. The first-order valence-corrected chi connectivity index (χ1v) is 12.5. The van der Waals surface area contributed by atoms with Crippen LogP contribution in [-0.2, 0) is 16.1 Å². The zero-order valence-electron chi connectivity index (χ0n) is 20.9. The number of nitrogens with zero attached hydrogens (tertiary/aromatic N) is 3. The molecule has 1 aromatic carbocycles. The van der Waals surface area contributed by atoms with Crippen LogP contribution in [0.3, 0.4) is 0 Å². The van der Waals surface area contributed by atoms with Gasteiger partial charge < -0.3 is 28.6 Å². The molecule has 2 aromatic heterocycles. The molecule has 3 aromatic rings. The van der Waals surface area contributed by atoms with Crippen molar-refractivity contribution in [2.24, 2.45) is 5.92 Å². The predicted molar refractivity (Wildman–Crippen MR) is 135 cm³/mol. The summed E-state index contributed by atoms with van der Waals surface area (Å²) in [6, 6.07) is 4.44. The summed E-state index contributed by atoms with van der Waals surface area (Å²) >= 11 is 1.66. The van der Waals surface area contributed by atoms with Gasteiger partial charge in [-0.1, -0.05) is 6.92 Å². The van der Waals surface area contributed by atoms with Gasteiger partial charge in [-0.3, -0.25) is 0 Å². The number of thiazole rings is 1. The minimum Gasteiger partial charge on any atom is -0.496 e. The second kappa shape index (κ2) is 10.8. The summed E-state index contributed by atoms with van der Waals surface area (Å²) in [7, 11) is 8.48. The van der Waals surface area contributed by atoms with Crippen LogP contribution in [0.15, 0.2) is 17.5 Å². The van der Waals surface area contributed by atoms with Gasteiger partial charge in [-0.15, -0.1) is 16.4 Å². The zero-order valence-corrected chi connectivity index (χ0v) is 21.7. The third kappa shape index (κ3) is 4.44. The number of hydrogen-bond donors (Lipinski definition) is 0. The molecular weight excluding hydrogens is 454 g/mol. The minimum absolute atomic E-state index is 0.463. The van der Waals surface area contributed by atoms with Crippen molar-refractivity contribution in [3.8, 4) is 28.6 Å². The van der Waals surface area contributed by atoms with Crippen LogP contribution in [0.4, 0.5) is 5.69 Å². The average Bonchev–Trinajstić information content (AvgIpc) is 3.38. The topological polar surface area (TPSA) is 66.7 Å². The van der Waals surface area contributed by atoms with Gasteiger partial charge in [0.25, 0.3) is 5.88 Å².